The summed E-state index contributed by atoms with van der Waals surface area (Å²) in [6.45, 7) is 6.51. The molecule has 0 radical (unpaired) electrons. The number of phenolic OH excluding ortho intramolecular Hbond substituents is 1. The molecule has 1 aromatic heterocycles. The van der Waals surface area contributed by atoms with Gasteiger partial charge in [-0.3, -0.25) is 9.80 Å². The Morgan fingerprint density at radius 1 is 0.822 bits per heavy atom. The van der Waals surface area contributed by atoms with E-state index in [0.29, 0.717) is 18.4 Å². The molecule has 6 nitrogen and oxygen atoms in total. The Bertz CT molecular complexity index is 1560. The van der Waals surface area contributed by atoms with Crippen LogP contribution in [0.4, 0.5) is 0 Å². The number of methoxy groups -OCH3 is 1. The van der Waals surface area contributed by atoms with Crippen LogP contribution in [0, 0.1) is 0 Å². The molecule has 0 amide bonds. The molecule has 3 fully saturated rings. The molecule has 1 aliphatic carbocycles. The molecule has 45 heavy (non-hydrogen) atoms. The molecule has 7 rings (SSSR count). The van der Waals surface area contributed by atoms with E-state index in [-0.39, 0.29) is 11.9 Å². The molecular formula is C38H46N2O4S. The first kappa shape index (κ1) is 30.4. The molecule has 4 aromatic rings. The Morgan fingerprint density at radius 3 is 2.29 bits per heavy atom. The van der Waals surface area contributed by atoms with Crippen LogP contribution >= 0.6 is 11.3 Å². The van der Waals surface area contributed by atoms with Crippen LogP contribution in [0.25, 0.3) is 20.5 Å². The van der Waals surface area contributed by atoms with Gasteiger partial charge in [-0.25, -0.2) is 0 Å². The van der Waals surface area contributed by atoms with Crippen molar-refractivity contribution in [1.82, 2.24) is 9.80 Å². The van der Waals surface area contributed by atoms with E-state index in [2.05, 4.69) is 58.3 Å². The van der Waals surface area contributed by atoms with Crippen molar-refractivity contribution in [2.45, 2.75) is 69.9 Å². The zero-order chi connectivity index (χ0) is 30.6. The van der Waals surface area contributed by atoms with Crippen LogP contribution in [0.1, 0.15) is 62.5 Å². The number of thiophene rings is 1. The van der Waals surface area contributed by atoms with Crippen molar-refractivity contribution in [3.63, 3.8) is 0 Å². The van der Waals surface area contributed by atoms with Gasteiger partial charge in [0.25, 0.3) is 0 Å². The number of rotatable bonds is 11. The number of nitrogens with zero attached hydrogens (tertiary/aromatic N) is 2. The third-order valence-corrected chi connectivity index (χ3v) is 11.2. The van der Waals surface area contributed by atoms with Crippen LogP contribution in [0.15, 0.2) is 60.7 Å². The van der Waals surface area contributed by atoms with Crippen LogP contribution in [0.3, 0.4) is 0 Å². The second kappa shape index (κ2) is 14.0. The van der Waals surface area contributed by atoms with Gasteiger partial charge in [0.15, 0.2) is 11.5 Å². The summed E-state index contributed by atoms with van der Waals surface area (Å²) in [5.41, 5.74) is 3.63. The zero-order valence-electron chi connectivity index (χ0n) is 26.5. The Balaban J connectivity index is 1.10. The van der Waals surface area contributed by atoms with Gasteiger partial charge in [-0.05, 0) is 137 Å². The maximum atomic E-state index is 10.6. The van der Waals surface area contributed by atoms with Gasteiger partial charge in [-0.15, -0.1) is 11.3 Å². The van der Waals surface area contributed by atoms with Gasteiger partial charge in [-0.2, -0.15) is 0 Å². The summed E-state index contributed by atoms with van der Waals surface area (Å²) < 4.78 is 19.3. The van der Waals surface area contributed by atoms with Crippen LogP contribution < -0.4 is 14.2 Å². The van der Waals surface area contributed by atoms with Crippen molar-refractivity contribution in [3.05, 3.63) is 71.8 Å². The normalized spacial score (nSPS) is 21.0. The van der Waals surface area contributed by atoms with Crippen molar-refractivity contribution in [3.8, 4) is 33.4 Å². The zero-order valence-corrected chi connectivity index (χ0v) is 27.3. The molecule has 2 atom stereocenters. The van der Waals surface area contributed by atoms with Crippen molar-refractivity contribution < 1.29 is 19.3 Å². The van der Waals surface area contributed by atoms with E-state index in [0.717, 1.165) is 46.5 Å². The fourth-order valence-corrected chi connectivity index (χ4v) is 8.75. The number of hydrogen-bond donors (Lipinski definition) is 1. The Hall–Kier alpha value is -3.26. The van der Waals surface area contributed by atoms with Gasteiger partial charge in [0, 0.05) is 33.6 Å². The van der Waals surface area contributed by atoms with E-state index in [1.165, 1.54) is 87.1 Å². The number of likely N-dealkylation sites (tertiary alicyclic amines) is 2. The summed E-state index contributed by atoms with van der Waals surface area (Å²) in [7, 11) is 1.61. The van der Waals surface area contributed by atoms with E-state index in [9.17, 15) is 5.11 Å². The van der Waals surface area contributed by atoms with Gasteiger partial charge in [0.05, 0.1) is 7.11 Å². The van der Waals surface area contributed by atoms with Crippen molar-refractivity contribution in [1.29, 1.82) is 0 Å². The summed E-state index contributed by atoms with van der Waals surface area (Å²) in [4.78, 5) is 6.35. The third kappa shape index (κ3) is 6.96. The highest BCUT2D eigenvalue weighted by Gasteiger charge is 2.33. The number of hydrogen-bond acceptors (Lipinski definition) is 7. The largest absolute Gasteiger partial charge is 0.504 e. The molecular weight excluding hydrogens is 580 g/mol. The number of aromatic hydroxyl groups is 1. The van der Waals surface area contributed by atoms with Crippen molar-refractivity contribution >= 4 is 21.4 Å². The molecule has 3 heterocycles. The molecule has 1 N–H and O–H groups in total. The van der Waals surface area contributed by atoms with E-state index in [1.54, 1.807) is 18.4 Å². The molecule has 3 aliphatic rings. The summed E-state index contributed by atoms with van der Waals surface area (Å²) in [5, 5.41) is 11.7. The lowest BCUT2D eigenvalue weighted by Crippen LogP contribution is -2.46. The predicted octanol–water partition coefficient (Wildman–Crippen LogP) is 8.13. The summed E-state index contributed by atoms with van der Waals surface area (Å²) in [5.74, 6) is 2.54. The van der Waals surface area contributed by atoms with E-state index < -0.39 is 0 Å². The lowest BCUT2D eigenvalue weighted by molar-refractivity contribution is 0.0485. The summed E-state index contributed by atoms with van der Waals surface area (Å²) >= 11 is 1.72. The predicted molar refractivity (Wildman–Crippen MR) is 183 cm³/mol. The monoisotopic (exact) mass is 626 g/mol. The third-order valence-electron chi connectivity index (χ3n) is 9.95. The maximum Gasteiger partial charge on any atom is 0.161 e. The minimum absolute atomic E-state index is 0.169. The molecule has 0 bridgehead atoms. The summed E-state index contributed by atoms with van der Waals surface area (Å²) in [6.07, 6.45) is 11.3. The smallest absolute Gasteiger partial charge is 0.161 e. The van der Waals surface area contributed by atoms with E-state index >= 15 is 0 Å². The topological polar surface area (TPSA) is 54.4 Å². The molecule has 7 heteroatoms. The second-order valence-electron chi connectivity index (χ2n) is 12.9. The number of fused-ring (bicyclic) bond motifs is 1. The fourth-order valence-electron chi connectivity index (χ4n) is 7.51. The highest BCUT2D eigenvalue weighted by atomic mass is 32.1. The molecule has 2 aliphatic heterocycles. The van der Waals surface area contributed by atoms with Crippen molar-refractivity contribution in [2.24, 2.45) is 0 Å². The minimum atomic E-state index is 0.169. The molecule has 0 spiro atoms. The first-order valence-corrected chi connectivity index (χ1v) is 17.7. The molecule has 2 unspecified atom stereocenters. The molecule has 2 saturated heterocycles. The van der Waals surface area contributed by atoms with E-state index in [1.807, 2.05) is 12.1 Å². The Labute approximate surface area is 271 Å². The average molecular weight is 627 g/mol. The highest BCUT2D eigenvalue weighted by Crippen LogP contribution is 2.44. The van der Waals surface area contributed by atoms with Crippen LogP contribution in [-0.2, 0) is 6.42 Å². The maximum absolute atomic E-state index is 10.6. The molecule has 3 aromatic carbocycles. The first-order valence-electron chi connectivity index (χ1n) is 16.9. The Morgan fingerprint density at radius 2 is 1.53 bits per heavy atom. The average Bonchev–Trinajstić information content (AvgIpc) is 3.85. The van der Waals surface area contributed by atoms with Gasteiger partial charge in [0.2, 0.25) is 0 Å². The van der Waals surface area contributed by atoms with E-state index in [4.69, 9.17) is 14.2 Å². The minimum Gasteiger partial charge on any atom is -0.504 e. The second-order valence-corrected chi connectivity index (χ2v) is 14.0. The van der Waals surface area contributed by atoms with Crippen LogP contribution in [0.5, 0.6) is 23.0 Å². The summed E-state index contributed by atoms with van der Waals surface area (Å²) in [6, 6.07) is 21.6. The van der Waals surface area contributed by atoms with Gasteiger partial charge >= 0.3 is 0 Å². The van der Waals surface area contributed by atoms with Crippen LogP contribution in [0.2, 0.25) is 0 Å². The molecule has 1 saturated carbocycles. The lowest BCUT2D eigenvalue weighted by Gasteiger charge is -2.37. The van der Waals surface area contributed by atoms with Crippen LogP contribution in [-0.4, -0.2) is 73.5 Å². The highest BCUT2D eigenvalue weighted by molar-refractivity contribution is 7.22. The number of benzene rings is 3. The molecule has 238 valence electrons. The fraction of sp³-hybridized carbons (Fsp3) is 0.474. The SMILES string of the molecule is COc1cc2c(Cc3ccc(OC4CCCCC4N4CCCC4)cc3)c(-c3ccc(OCCN4CCCC4)cc3)sc2cc1O. The van der Waals surface area contributed by atoms with Crippen molar-refractivity contribution in [2.75, 3.05) is 46.4 Å². The van der Waals surface area contributed by atoms with Gasteiger partial charge in [0.1, 0.15) is 24.2 Å². The van der Waals surface area contributed by atoms with Gasteiger partial charge < -0.3 is 19.3 Å². The Kier molecular flexibility index (Phi) is 9.47. The lowest BCUT2D eigenvalue weighted by atomic mass is 9.91. The van der Waals surface area contributed by atoms with Gasteiger partial charge in [-0.1, -0.05) is 18.6 Å². The number of phenols is 1. The quantitative estimate of drug-likeness (QED) is 0.181. The standard InChI is InChI=1S/C38H46N2O4S/c1-42-36-25-31-32(24-27-10-14-30(15-11-27)44-35-9-3-2-8-33(35)40-20-6-7-21-40)38(45-37(31)26-34(36)41)28-12-16-29(17-13-28)43-23-22-39-18-4-5-19-39/h10-17,25-26,33,35,41H,2-9,18-24H2,1H3. The number of ether oxygens (including phenoxy) is 3. The first-order chi connectivity index (χ1) is 22.1.